The SMILES string of the molecule is C[C@H]1C[C@@H](O[C@H]2[C@@H](O)C[C@H](O[C@H]3CC[C@]4(C)[C@H]5CC[C@]6(C)[C@@H](C7=CC(=O)OC7)CC[C@@]67C[C@@]57CC[C@]4(C)C3)O[C@@H]2C)C[C@H](O)C1O[C@H]1C[C@H](O)[C@H](O)[C@@H](C)O1. The lowest BCUT2D eigenvalue weighted by atomic mass is 9.40. The molecule has 8 fully saturated rings. The van der Waals surface area contributed by atoms with E-state index in [0.29, 0.717) is 42.6 Å². The van der Waals surface area contributed by atoms with Gasteiger partial charge in [-0.1, -0.05) is 27.7 Å². The molecule has 3 heterocycles. The molecule has 4 N–H and O–H groups in total. The van der Waals surface area contributed by atoms with Gasteiger partial charge in [0.1, 0.15) is 18.8 Å². The fourth-order valence-corrected chi connectivity index (χ4v) is 15.1. The standard InChI is InChI=1S/C44H68O11/c1-23-15-28(17-31(46)38(23)55-36-18-30(45)37(49)24(2)51-36)54-39-25(3)52-35(19-32(39)47)53-27-7-10-42(6)33-9-11-41(5)29(26-16-34(48)50-21-26)8-12-44(41)22-43(33,44)14-13-40(42,4)20-27/h16,23-25,27-33,35-39,45-47,49H,7-15,17-22H2,1-6H3/t23-,24+,25+,27-,28+,29+,30-,31-,32-,33+,35-,36-,37+,38?,39+,40+,41+,42+,43-,44+/m0/s1. The molecule has 2 saturated heterocycles. The molecule has 6 saturated carbocycles. The first kappa shape index (κ1) is 39.3. The molecule has 1 unspecified atom stereocenters. The molecular weight excluding hydrogens is 704 g/mol. The van der Waals surface area contributed by atoms with Crippen LogP contribution in [0.5, 0.6) is 0 Å². The van der Waals surface area contributed by atoms with Gasteiger partial charge in [-0.15, -0.1) is 0 Å². The summed E-state index contributed by atoms with van der Waals surface area (Å²) in [4.78, 5) is 12.0. The molecule has 11 heteroatoms. The zero-order valence-electron chi connectivity index (χ0n) is 34.0. The third kappa shape index (κ3) is 6.01. The first-order valence-electron chi connectivity index (χ1n) is 21.9. The summed E-state index contributed by atoms with van der Waals surface area (Å²) in [5.41, 5.74) is 2.79. The lowest BCUT2D eigenvalue weighted by Gasteiger charge is -2.65. The third-order valence-corrected chi connectivity index (χ3v) is 18.3. The minimum absolute atomic E-state index is 0.0482. The van der Waals surface area contributed by atoms with Gasteiger partial charge < -0.3 is 48.8 Å². The van der Waals surface area contributed by atoms with E-state index in [-0.39, 0.29) is 52.9 Å². The second-order valence-electron chi connectivity index (χ2n) is 20.8. The van der Waals surface area contributed by atoms with Crippen molar-refractivity contribution in [3.05, 3.63) is 11.6 Å². The highest BCUT2D eigenvalue weighted by molar-refractivity contribution is 5.85. The summed E-state index contributed by atoms with van der Waals surface area (Å²) in [6.07, 6.45) is 8.62. The number of hydrogen-bond donors (Lipinski definition) is 4. The van der Waals surface area contributed by atoms with Crippen LogP contribution in [-0.4, -0.2) is 107 Å². The van der Waals surface area contributed by atoms with Crippen LogP contribution in [0.1, 0.15) is 131 Å². The monoisotopic (exact) mass is 772 g/mol. The van der Waals surface area contributed by atoms with E-state index in [4.69, 9.17) is 28.4 Å². The summed E-state index contributed by atoms with van der Waals surface area (Å²) in [6, 6.07) is 0. The van der Waals surface area contributed by atoms with E-state index in [1.54, 1.807) is 6.92 Å². The summed E-state index contributed by atoms with van der Waals surface area (Å²) >= 11 is 0. The normalized spacial score (nSPS) is 57.5. The topological polar surface area (TPSA) is 153 Å². The van der Waals surface area contributed by atoms with Crippen molar-refractivity contribution in [3.8, 4) is 0 Å². The molecule has 0 aromatic carbocycles. The number of fused-ring (bicyclic) bond motifs is 2. The Morgan fingerprint density at radius 1 is 0.709 bits per heavy atom. The van der Waals surface area contributed by atoms with Gasteiger partial charge in [-0.05, 0) is 135 Å². The van der Waals surface area contributed by atoms with Crippen LogP contribution in [0, 0.1) is 44.8 Å². The Morgan fingerprint density at radius 2 is 1.42 bits per heavy atom. The van der Waals surface area contributed by atoms with Crippen LogP contribution in [0.2, 0.25) is 0 Å². The Morgan fingerprint density at radius 3 is 2.13 bits per heavy atom. The Labute approximate surface area is 327 Å². The number of carbonyl (C=O) groups excluding carboxylic acids is 1. The van der Waals surface area contributed by atoms with Crippen molar-refractivity contribution in [2.45, 2.75) is 205 Å². The maximum absolute atomic E-state index is 12.0. The average molecular weight is 773 g/mol. The first-order chi connectivity index (χ1) is 26.0. The Kier molecular flexibility index (Phi) is 9.79. The van der Waals surface area contributed by atoms with Gasteiger partial charge in [0, 0.05) is 25.3 Å². The Hall–Kier alpha value is -1.15. The Bertz CT molecular complexity index is 1490. The van der Waals surface area contributed by atoms with Gasteiger partial charge in [0.2, 0.25) is 0 Å². The molecule has 0 radical (unpaired) electrons. The highest BCUT2D eigenvalue weighted by atomic mass is 16.7. The van der Waals surface area contributed by atoms with Gasteiger partial charge in [-0.2, -0.15) is 0 Å². The lowest BCUT2D eigenvalue weighted by Crippen LogP contribution is -2.59. The quantitative estimate of drug-likeness (QED) is 0.196. The summed E-state index contributed by atoms with van der Waals surface area (Å²) in [7, 11) is 0. The number of aliphatic hydroxyl groups is 4. The molecule has 11 nitrogen and oxygen atoms in total. The summed E-state index contributed by atoms with van der Waals surface area (Å²) < 4.78 is 37.0. The number of carbonyl (C=O) groups is 1. The van der Waals surface area contributed by atoms with Crippen molar-refractivity contribution >= 4 is 5.97 Å². The molecular formula is C44H68O11. The van der Waals surface area contributed by atoms with E-state index < -0.39 is 55.3 Å². The zero-order valence-corrected chi connectivity index (χ0v) is 34.0. The van der Waals surface area contributed by atoms with Crippen LogP contribution in [0.15, 0.2) is 11.6 Å². The van der Waals surface area contributed by atoms with Crippen molar-refractivity contribution in [1.82, 2.24) is 0 Å². The second kappa shape index (κ2) is 13.7. The molecule has 0 amide bonds. The van der Waals surface area contributed by atoms with Crippen LogP contribution in [-0.2, 0) is 33.2 Å². The molecule has 9 aliphatic rings. The number of aliphatic hydroxyl groups excluding tert-OH is 4. The van der Waals surface area contributed by atoms with E-state index in [0.717, 1.165) is 25.2 Å². The maximum atomic E-state index is 12.0. The summed E-state index contributed by atoms with van der Waals surface area (Å²) in [5.74, 6) is 0.999. The van der Waals surface area contributed by atoms with Crippen LogP contribution >= 0.6 is 0 Å². The third-order valence-electron chi connectivity index (χ3n) is 18.3. The minimum atomic E-state index is -0.957. The fourth-order valence-electron chi connectivity index (χ4n) is 15.1. The fraction of sp³-hybridized carbons (Fsp3) is 0.932. The van der Waals surface area contributed by atoms with Crippen LogP contribution in [0.4, 0.5) is 0 Å². The van der Waals surface area contributed by atoms with Gasteiger partial charge in [0.25, 0.3) is 0 Å². The average Bonchev–Trinajstić information content (AvgIpc) is 3.44. The largest absolute Gasteiger partial charge is 0.458 e. The molecule has 9 rings (SSSR count). The predicted octanol–water partition coefficient (Wildman–Crippen LogP) is 5.33. The molecule has 6 aliphatic carbocycles. The summed E-state index contributed by atoms with van der Waals surface area (Å²) in [5, 5.41) is 42.8. The minimum Gasteiger partial charge on any atom is -0.458 e. The van der Waals surface area contributed by atoms with Gasteiger partial charge >= 0.3 is 5.97 Å². The van der Waals surface area contributed by atoms with Crippen molar-refractivity contribution < 1.29 is 53.6 Å². The van der Waals surface area contributed by atoms with E-state index in [1.807, 2.05) is 19.9 Å². The molecule has 310 valence electrons. The molecule has 20 atom stereocenters. The van der Waals surface area contributed by atoms with Gasteiger partial charge in [-0.25, -0.2) is 4.79 Å². The van der Waals surface area contributed by atoms with E-state index in [1.165, 1.54) is 50.5 Å². The van der Waals surface area contributed by atoms with Crippen molar-refractivity contribution in [1.29, 1.82) is 0 Å². The number of ether oxygens (including phenoxy) is 6. The van der Waals surface area contributed by atoms with Gasteiger partial charge in [0.15, 0.2) is 12.6 Å². The van der Waals surface area contributed by atoms with Crippen molar-refractivity contribution in [2.75, 3.05) is 6.61 Å². The number of rotatable bonds is 7. The predicted molar refractivity (Wildman–Crippen MR) is 200 cm³/mol. The molecule has 3 aliphatic heterocycles. The van der Waals surface area contributed by atoms with E-state index in [9.17, 15) is 25.2 Å². The number of esters is 1. The molecule has 55 heavy (non-hydrogen) atoms. The van der Waals surface area contributed by atoms with E-state index in [2.05, 4.69) is 20.8 Å². The second-order valence-corrected chi connectivity index (χ2v) is 20.8. The lowest BCUT2D eigenvalue weighted by molar-refractivity contribution is -0.295. The molecule has 0 bridgehead atoms. The highest BCUT2D eigenvalue weighted by Gasteiger charge is 2.84. The van der Waals surface area contributed by atoms with Gasteiger partial charge in [0.05, 0.1) is 48.8 Å². The maximum Gasteiger partial charge on any atom is 0.331 e. The highest BCUT2D eigenvalue weighted by Crippen LogP contribution is 2.91. The van der Waals surface area contributed by atoms with E-state index >= 15 is 0 Å². The van der Waals surface area contributed by atoms with Crippen molar-refractivity contribution in [2.24, 2.45) is 44.8 Å². The van der Waals surface area contributed by atoms with Crippen molar-refractivity contribution in [3.63, 3.8) is 0 Å². The van der Waals surface area contributed by atoms with Crippen LogP contribution in [0.25, 0.3) is 0 Å². The number of hydrogen-bond acceptors (Lipinski definition) is 11. The summed E-state index contributed by atoms with van der Waals surface area (Å²) in [6.45, 7) is 13.9. The van der Waals surface area contributed by atoms with Gasteiger partial charge in [-0.3, -0.25) is 0 Å². The zero-order chi connectivity index (χ0) is 38.9. The van der Waals surface area contributed by atoms with Crippen LogP contribution in [0.3, 0.4) is 0 Å². The smallest absolute Gasteiger partial charge is 0.331 e. The Balaban J connectivity index is 0.786. The molecule has 0 aromatic rings. The van der Waals surface area contributed by atoms with Crippen LogP contribution < -0.4 is 0 Å². The number of cyclic esters (lactones) is 1. The molecule has 2 spiro atoms. The molecule has 0 aromatic heterocycles. The first-order valence-corrected chi connectivity index (χ1v) is 21.9.